The molecule has 26 heavy (non-hydrogen) atoms. The van der Waals surface area contributed by atoms with Crippen molar-refractivity contribution in [2.24, 2.45) is 0 Å². The highest BCUT2D eigenvalue weighted by Crippen LogP contribution is 2.25. The minimum atomic E-state index is -0.193. The summed E-state index contributed by atoms with van der Waals surface area (Å²) >= 11 is 0. The highest BCUT2D eigenvalue weighted by molar-refractivity contribution is 5.93. The molecule has 0 aliphatic heterocycles. The molecule has 0 spiro atoms. The van der Waals surface area contributed by atoms with Gasteiger partial charge in [0.25, 0.3) is 11.8 Å². The molecule has 2 amide bonds. The Labute approximate surface area is 154 Å². The SMILES string of the molecule is CNC(=O)c1ccc(CNC(=O)COc2cccc(C(C)(C)C)c2)cc1. The third-order valence-corrected chi connectivity index (χ3v) is 4.00. The summed E-state index contributed by atoms with van der Waals surface area (Å²) in [6.07, 6.45) is 0. The number of ether oxygens (including phenoxy) is 1. The summed E-state index contributed by atoms with van der Waals surface area (Å²) in [7, 11) is 1.59. The zero-order valence-corrected chi connectivity index (χ0v) is 15.8. The summed E-state index contributed by atoms with van der Waals surface area (Å²) in [6.45, 7) is 6.75. The first-order chi connectivity index (χ1) is 12.3. The van der Waals surface area contributed by atoms with E-state index in [9.17, 15) is 9.59 Å². The molecule has 138 valence electrons. The number of hydrogen-bond donors (Lipinski definition) is 2. The van der Waals surface area contributed by atoms with E-state index >= 15 is 0 Å². The standard InChI is InChI=1S/C21H26N2O3/c1-21(2,3)17-6-5-7-18(12-17)26-14-19(24)23-13-15-8-10-16(11-9-15)20(25)22-4/h5-12H,13-14H2,1-4H3,(H,22,25)(H,23,24). The first-order valence-corrected chi connectivity index (χ1v) is 8.60. The van der Waals surface area contributed by atoms with Crippen LogP contribution in [0.2, 0.25) is 0 Å². The van der Waals surface area contributed by atoms with Crippen LogP contribution in [-0.4, -0.2) is 25.5 Å². The lowest BCUT2D eigenvalue weighted by atomic mass is 9.87. The van der Waals surface area contributed by atoms with Gasteiger partial charge in [0.15, 0.2) is 6.61 Å². The van der Waals surface area contributed by atoms with Crippen LogP contribution in [0, 0.1) is 0 Å². The molecule has 2 aromatic carbocycles. The number of benzene rings is 2. The Kier molecular flexibility index (Phi) is 6.39. The van der Waals surface area contributed by atoms with Gasteiger partial charge in [-0.1, -0.05) is 45.0 Å². The Morgan fingerprint density at radius 2 is 1.73 bits per heavy atom. The zero-order chi connectivity index (χ0) is 19.2. The van der Waals surface area contributed by atoms with E-state index < -0.39 is 0 Å². The molecule has 0 unspecified atom stereocenters. The fourth-order valence-corrected chi connectivity index (χ4v) is 2.37. The van der Waals surface area contributed by atoms with Gasteiger partial charge >= 0.3 is 0 Å². The summed E-state index contributed by atoms with van der Waals surface area (Å²) in [5.41, 5.74) is 2.69. The molecule has 0 atom stereocenters. The first kappa shape index (κ1) is 19.5. The van der Waals surface area contributed by atoms with Crippen molar-refractivity contribution in [2.45, 2.75) is 32.7 Å². The van der Waals surface area contributed by atoms with Gasteiger partial charge in [0.05, 0.1) is 0 Å². The Morgan fingerprint density at radius 3 is 2.35 bits per heavy atom. The van der Waals surface area contributed by atoms with E-state index in [0.717, 1.165) is 11.1 Å². The van der Waals surface area contributed by atoms with Crippen LogP contribution in [-0.2, 0) is 16.8 Å². The molecule has 2 N–H and O–H groups in total. The van der Waals surface area contributed by atoms with E-state index in [1.165, 1.54) is 0 Å². The molecule has 0 bridgehead atoms. The summed E-state index contributed by atoms with van der Waals surface area (Å²) in [5, 5.41) is 5.38. The van der Waals surface area contributed by atoms with Crippen LogP contribution in [0.4, 0.5) is 0 Å². The molecule has 0 saturated carbocycles. The van der Waals surface area contributed by atoms with Crippen molar-refractivity contribution in [3.8, 4) is 5.75 Å². The van der Waals surface area contributed by atoms with Gasteiger partial charge in [-0.3, -0.25) is 9.59 Å². The molecular weight excluding hydrogens is 328 g/mol. The van der Waals surface area contributed by atoms with Gasteiger partial charge in [0.2, 0.25) is 0 Å². The Hall–Kier alpha value is -2.82. The Balaban J connectivity index is 1.83. The molecular formula is C21H26N2O3. The summed E-state index contributed by atoms with van der Waals surface area (Å²) in [6, 6.07) is 14.9. The second-order valence-corrected chi connectivity index (χ2v) is 7.12. The van der Waals surface area contributed by atoms with Gasteiger partial charge in [-0.25, -0.2) is 0 Å². The van der Waals surface area contributed by atoms with Gasteiger partial charge in [0, 0.05) is 19.2 Å². The highest BCUT2D eigenvalue weighted by Gasteiger charge is 2.14. The lowest BCUT2D eigenvalue weighted by Gasteiger charge is -2.19. The van der Waals surface area contributed by atoms with Crippen LogP contribution in [0.5, 0.6) is 5.75 Å². The van der Waals surface area contributed by atoms with Crippen LogP contribution in [0.1, 0.15) is 42.3 Å². The normalized spacial score (nSPS) is 10.9. The van der Waals surface area contributed by atoms with E-state index in [1.807, 2.05) is 30.3 Å². The summed E-state index contributed by atoms with van der Waals surface area (Å²) in [4.78, 5) is 23.5. The monoisotopic (exact) mass is 354 g/mol. The van der Waals surface area contributed by atoms with Crippen molar-refractivity contribution >= 4 is 11.8 Å². The van der Waals surface area contributed by atoms with E-state index in [2.05, 4.69) is 37.5 Å². The average Bonchev–Trinajstić information content (AvgIpc) is 2.64. The number of carbonyl (C=O) groups excluding carboxylic acids is 2. The van der Waals surface area contributed by atoms with Crippen molar-refractivity contribution in [3.05, 3.63) is 65.2 Å². The molecule has 0 fully saturated rings. The number of carbonyl (C=O) groups is 2. The van der Waals surface area contributed by atoms with Crippen molar-refractivity contribution in [2.75, 3.05) is 13.7 Å². The minimum Gasteiger partial charge on any atom is -0.484 e. The van der Waals surface area contributed by atoms with Gasteiger partial charge in [-0.05, 0) is 40.8 Å². The van der Waals surface area contributed by atoms with Crippen LogP contribution >= 0.6 is 0 Å². The first-order valence-electron chi connectivity index (χ1n) is 8.60. The maximum Gasteiger partial charge on any atom is 0.258 e. The lowest BCUT2D eigenvalue weighted by molar-refractivity contribution is -0.123. The third kappa shape index (κ3) is 5.62. The van der Waals surface area contributed by atoms with Crippen LogP contribution in [0.3, 0.4) is 0 Å². The van der Waals surface area contributed by atoms with E-state index in [4.69, 9.17) is 4.74 Å². The average molecular weight is 354 g/mol. The largest absolute Gasteiger partial charge is 0.484 e. The quantitative estimate of drug-likeness (QED) is 0.838. The van der Waals surface area contributed by atoms with E-state index in [0.29, 0.717) is 17.9 Å². The zero-order valence-electron chi connectivity index (χ0n) is 15.8. The Morgan fingerprint density at radius 1 is 1.04 bits per heavy atom. The lowest BCUT2D eigenvalue weighted by Crippen LogP contribution is -2.28. The number of rotatable bonds is 6. The van der Waals surface area contributed by atoms with Crippen LogP contribution in [0.15, 0.2) is 48.5 Å². The fourth-order valence-electron chi connectivity index (χ4n) is 2.37. The fraction of sp³-hybridized carbons (Fsp3) is 0.333. The predicted molar refractivity (Wildman–Crippen MR) is 102 cm³/mol. The maximum atomic E-state index is 12.0. The van der Waals surface area contributed by atoms with Crippen molar-refractivity contribution in [1.82, 2.24) is 10.6 Å². The maximum absolute atomic E-state index is 12.0. The summed E-state index contributed by atoms with van der Waals surface area (Å²) in [5.74, 6) is 0.357. The van der Waals surface area contributed by atoms with Gasteiger partial charge in [-0.2, -0.15) is 0 Å². The van der Waals surface area contributed by atoms with Crippen LogP contribution in [0.25, 0.3) is 0 Å². The molecule has 0 aliphatic rings. The highest BCUT2D eigenvalue weighted by atomic mass is 16.5. The summed E-state index contributed by atoms with van der Waals surface area (Å²) < 4.78 is 5.59. The van der Waals surface area contributed by atoms with Crippen LogP contribution < -0.4 is 15.4 Å². The van der Waals surface area contributed by atoms with Gasteiger partial charge in [-0.15, -0.1) is 0 Å². The molecule has 0 radical (unpaired) electrons. The molecule has 0 aliphatic carbocycles. The van der Waals surface area contributed by atoms with Crippen molar-refractivity contribution < 1.29 is 14.3 Å². The number of nitrogens with one attached hydrogen (secondary N) is 2. The molecule has 0 aromatic heterocycles. The molecule has 2 rings (SSSR count). The minimum absolute atomic E-state index is 0.0302. The molecule has 2 aromatic rings. The molecule has 5 heteroatoms. The van der Waals surface area contributed by atoms with Crippen molar-refractivity contribution in [1.29, 1.82) is 0 Å². The second-order valence-electron chi connectivity index (χ2n) is 7.12. The van der Waals surface area contributed by atoms with E-state index in [-0.39, 0.29) is 23.8 Å². The van der Waals surface area contributed by atoms with Crippen molar-refractivity contribution in [3.63, 3.8) is 0 Å². The smallest absolute Gasteiger partial charge is 0.258 e. The molecule has 0 saturated heterocycles. The Bertz CT molecular complexity index is 762. The van der Waals surface area contributed by atoms with Gasteiger partial charge < -0.3 is 15.4 Å². The van der Waals surface area contributed by atoms with Gasteiger partial charge in [0.1, 0.15) is 5.75 Å². The van der Waals surface area contributed by atoms with E-state index in [1.54, 1.807) is 19.2 Å². The topological polar surface area (TPSA) is 67.4 Å². The third-order valence-electron chi connectivity index (χ3n) is 4.00. The second kappa shape index (κ2) is 8.52. The number of hydrogen-bond acceptors (Lipinski definition) is 3. The molecule has 5 nitrogen and oxygen atoms in total. The molecule has 0 heterocycles. The number of amides is 2. The predicted octanol–water partition coefficient (Wildman–Crippen LogP) is 3.04.